The summed E-state index contributed by atoms with van der Waals surface area (Å²) < 4.78 is 38.0. The van der Waals surface area contributed by atoms with Gasteiger partial charge < -0.3 is 38.6 Å². The molecule has 0 aromatic heterocycles. The lowest BCUT2D eigenvalue weighted by Gasteiger charge is -2.32. The number of carbonyl (C=O) groups excluding carboxylic acids is 4. The van der Waals surface area contributed by atoms with E-state index in [2.05, 4.69) is 63.7 Å². The quantitative estimate of drug-likeness (QED) is 0.0783. The van der Waals surface area contributed by atoms with Crippen LogP contribution in [0, 0.1) is 0 Å². The Kier molecular flexibility index (Phi) is 18.5. The van der Waals surface area contributed by atoms with E-state index in [1.807, 2.05) is 109 Å². The molecule has 0 saturated heterocycles. The zero-order chi connectivity index (χ0) is 54.7. The van der Waals surface area contributed by atoms with E-state index in [1.54, 1.807) is 48.5 Å². The second-order valence-electron chi connectivity index (χ2n) is 18.4. The molecule has 2 N–H and O–H groups in total. The van der Waals surface area contributed by atoms with E-state index >= 15 is 0 Å². The van der Waals surface area contributed by atoms with Crippen LogP contribution >= 0.6 is 63.7 Å². The smallest absolute Gasteiger partial charge is 0.338 e. The SMILES string of the molecule is O=C(O[C@H]1Cc2ccccc2C[C@H]1OC(=O)c1cc(Br)cc(OCc2ccccc2)c1)c1cc(Br)cc(OCc2ccccc2)c1.O=C(O[C@H]1Cc2ccccc2C[C@H]1OC(=O)c1cc(O)cc(Br)c1)c1cc(O)cc(Br)c1. The van der Waals surface area contributed by atoms with Crippen LogP contribution in [0.2, 0.25) is 0 Å². The van der Waals surface area contributed by atoms with Gasteiger partial charge in [0.25, 0.3) is 0 Å². The normalized spacial score (nSPS) is 16.2. The molecule has 78 heavy (non-hydrogen) atoms. The minimum atomic E-state index is -0.719. The zero-order valence-electron chi connectivity index (χ0n) is 41.4. The standard InChI is InChI=1S/C38H30Br2O6.C24H18Br2O6/c39-31-15-29(17-33(21-31)43-23-25-9-3-1-4-10-25)37(41)45-35-19-27-13-7-8-14-28(27)20-36(35)46-38(42)30-16-32(40)22-34(18-30)44-24-26-11-5-2-6-12-26;25-17-5-15(7-19(27)11-17)23(29)31-21-9-13-3-1-2-4-14(13)10-22(21)32-24(30)16-6-18(26)12-20(28)8-16/h1-18,21-22,35-36H,19-20,23-24H2;1-8,11-12,21-22,27-28H,9-10H2/t35-,36+;21-,22+. The molecule has 0 spiro atoms. The predicted octanol–water partition coefficient (Wildman–Crippen LogP) is 14.1. The van der Waals surface area contributed by atoms with Gasteiger partial charge in [0, 0.05) is 43.6 Å². The van der Waals surface area contributed by atoms with Crippen molar-refractivity contribution in [1.82, 2.24) is 0 Å². The minimum Gasteiger partial charge on any atom is -0.508 e. The first kappa shape index (κ1) is 55.5. The van der Waals surface area contributed by atoms with Gasteiger partial charge in [-0.05, 0) is 106 Å². The number of hydrogen-bond acceptors (Lipinski definition) is 12. The molecule has 8 aromatic rings. The summed E-state index contributed by atoms with van der Waals surface area (Å²) in [5, 5.41) is 19.6. The fourth-order valence-corrected chi connectivity index (χ4v) is 10.9. The second kappa shape index (κ2) is 25.9. The largest absolute Gasteiger partial charge is 0.508 e. The predicted molar refractivity (Wildman–Crippen MR) is 306 cm³/mol. The van der Waals surface area contributed by atoms with E-state index in [4.69, 9.17) is 28.4 Å². The monoisotopic (exact) mass is 1300 g/mol. The summed E-state index contributed by atoms with van der Waals surface area (Å²) in [5.41, 5.74) is 7.15. The van der Waals surface area contributed by atoms with Crippen LogP contribution < -0.4 is 9.47 Å². The van der Waals surface area contributed by atoms with Gasteiger partial charge in [0.2, 0.25) is 0 Å². The third-order valence-corrected chi connectivity index (χ3v) is 14.6. The van der Waals surface area contributed by atoms with Crippen LogP contribution in [0.15, 0.2) is 200 Å². The molecule has 8 aromatic carbocycles. The third kappa shape index (κ3) is 15.1. The highest BCUT2D eigenvalue weighted by molar-refractivity contribution is 9.11. The number of ether oxygens (including phenoxy) is 6. The van der Waals surface area contributed by atoms with Gasteiger partial charge >= 0.3 is 23.9 Å². The van der Waals surface area contributed by atoms with Crippen LogP contribution in [-0.4, -0.2) is 58.5 Å². The summed E-state index contributed by atoms with van der Waals surface area (Å²) in [7, 11) is 0. The van der Waals surface area contributed by atoms with Crippen molar-refractivity contribution in [2.45, 2.75) is 63.3 Å². The molecule has 0 saturated carbocycles. The molecular weight excluding hydrogens is 1260 g/mol. The van der Waals surface area contributed by atoms with E-state index in [1.165, 1.54) is 24.3 Å². The molecule has 0 bridgehead atoms. The Bertz CT molecular complexity index is 3200. The number of esters is 4. The van der Waals surface area contributed by atoms with Crippen LogP contribution in [-0.2, 0) is 57.8 Å². The zero-order valence-corrected chi connectivity index (χ0v) is 47.7. The molecule has 16 heteroatoms. The molecule has 0 heterocycles. The topological polar surface area (TPSA) is 164 Å². The molecule has 2 aliphatic rings. The molecular formula is C62H48Br4O12. The maximum atomic E-state index is 13.5. The van der Waals surface area contributed by atoms with Gasteiger partial charge in [-0.25, -0.2) is 19.2 Å². The fourth-order valence-electron chi connectivity index (χ4n) is 8.99. The number of benzene rings is 8. The first-order chi connectivity index (χ1) is 37.7. The van der Waals surface area contributed by atoms with Crippen molar-refractivity contribution < 1.29 is 57.8 Å². The number of fused-ring (bicyclic) bond motifs is 2. The van der Waals surface area contributed by atoms with Crippen molar-refractivity contribution in [3.05, 3.63) is 256 Å². The Morgan fingerprint density at radius 1 is 0.359 bits per heavy atom. The fraction of sp³-hybridized carbons (Fsp3) is 0.161. The number of aromatic hydroxyl groups is 2. The third-order valence-electron chi connectivity index (χ3n) is 12.7. The number of rotatable bonds is 14. The van der Waals surface area contributed by atoms with Crippen molar-refractivity contribution in [2.24, 2.45) is 0 Å². The molecule has 0 radical (unpaired) electrons. The maximum absolute atomic E-state index is 13.5. The lowest BCUT2D eigenvalue weighted by molar-refractivity contribution is -0.0389. The first-order valence-electron chi connectivity index (χ1n) is 24.6. The first-order valence-corrected chi connectivity index (χ1v) is 27.8. The number of halogens is 4. The Morgan fingerprint density at radius 3 is 0.923 bits per heavy atom. The second-order valence-corrected chi connectivity index (χ2v) is 22.1. The van der Waals surface area contributed by atoms with Crippen molar-refractivity contribution in [1.29, 1.82) is 0 Å². The van der Waals surface area contributed by atoms with Gasteiger partial charge in [0.05, 0.1) is 22.3 Å². The molecule has 0 unspecified atom stereocenters. The molecule has 0 amide bonds. The lowest BCUT2D eigenvalue weighted by atomic mass is 9.87. The van der Waals surface area contributed by atoms with Gasteiger partial charge in [0.1, 0.15) is 60.6 Å². The van der Waals surface area contributed by atoms with Crippen LogP contribution in [0.5, 0.6) is 23.0 Å². The summed E-state index contributed by atoms with van der Waals surface area (Å²) in [5.74, 6) is -1.41. The van der Waals surface area contributed by atoms with Gasteiger partial charge in [-0.2, -0.15) is 0 Å². The molecule has 396 valence electrons. The van der Waals surface area contributed by atoms with Crippen LogP contribution in [0.3, 0.4) is 0 Å². The number of phenols is 2. The van der Waals surface area contributed by atoms with Gasteiger partial charge in [-0.1, -0.05) is 173 Å². The number of hydrogen-bond donors (Lipinski definition) is 2. The Balaban J connectivity index is 0.000000202. The van der Waals surface area contributed by atoms with E-state index in [0.717, 1.165) is 33.4 Å². The summed E-state index contributed by atoms with van der Waals surface area (Å²) in [6.07, 6.45) is -1.25. The molecule has 10 rings (SSSR count). The highest BCUT2D eigenvalue weighted by Crippen LogP contribution is 2.32. The van der Waals surface area contributed by atoms with Crippen molar-refractivity contribution in [3.8, 4) is 23.0 Å². The summed E-state index contributed by atoms with van der Waals surface area (Å²) in [4.78, 5) is 52.6. The van der Waals surface area contributed by atoms with E-state index < -0.39 is 48.3 Å². The average molecular weight is 1300 g/mol. The highest BCUT2D eigenvalue weighted by atomic mass is 79.9. The Morgan fingerprint density at radius 2 is 0.628 bits per heavy atom. The van der Waals surface area contributed by atoms with E-state index in [0.29, 0.717) is 79.4 Å². The lowest BCUT2D eigenvalue weighted by Crippen LogP contribution is -2.41. The summed E-state index contributed by atoms with van der Waals surface area (Å²) in [6.45, 7) is 0.718. The summed E-state index contributed by atoms with van der Waals surface area (Å²) in [6, 6.07) is 54.2. The number of phenolic OH excluding ortho intramolecular Hbond substituents is 2. The molecule has 0 fully saturated rings. The minimum absolute atomic E-state index is 0.0715. The highest BCUT2D eigenvalue weighted by Gasteiger charge is 2.37. The average Bonchev–Trinajstić information content (AvgIpc) is 3.54. The van der Waals surface area contributed by atoms with Crippen molar-refractivity contribution >= 4 is 87.6 Å². The van der Waals surface area contributed by atoms with Crippen LogP contribution in [0.4, 0.5) is 0 Å². The maximum Gasteiger partial charge on any atom is 0.338 e. The van der Waals surface area contributed by atoms with Gasteiger partial charge in [-0.15, -0.1) is 0 Å². The van der Waals surface area contributed by atoms with Crippen LogP contribution in [0.1, 0.15) is 74.8 Å². The molecule has 4 atom stereocenters. The molecule has 2 aliphatic carbocycles. The van der Waals surface area contributed by atoms with Gasteiger partial charge in [-0.3, -0.25) is 0 Å². The number of carbonyl (C=O) groups is 4. The van der Waals surface area contributed by atoms with Crippen molar-refractivity contribution in [3.63, 3.8) is 0 Å². The van der Waals surface area contributed by atoms with Crippen molar-refractivity contribution in [2.75, 3.05) is 0 Å². The van der Waals surface area contributed by atoms with E-state index in [9.17, 15) is 29.4 Å². The molecule has 12 nitrogen and oxygen atoms in total. The Hall–Kier alpha value is -7.24. The molecule has 0 aliphatic heterocycles. The van der Waals surface area contributed by atoms with Crippen LogP contribution in [0.25, 0.3) is 0 Å². The van der Waals surface area contributed by atoms with Gasteiger partial charge in [0.15, 0.2) is 0 Å². The Labute approximate surface area is 483 Å². The van der Waals surface area contributed by atoms with E-state index in [-0.39, 0.29) is 22.6 Å². The summed E-state index contributed by atoms with van der Waals surface area (Å²) >= 11 is 13.5.